The maximum absolute atomic E-state index is 12.8. The summed E-state index contributed by atoms with van der Waals surface area (Å²) in [6.07, 6.45) is 2.95. The first-order valence-corrected chi connectivity index (χ1v) is 11.2. The van der Waals surface area contributed by atoms with Gasteiger partial charge in [0.1, 0.15) is 18.1 Å². The van der Waals surface area contributed by atoms with Crippen LogP contribution in [0.4, 0.5) is 5.82 Å². The van der Waals surface area contributed by atoms with Crippen LogP contribution in [-0.2, 0) is 22.8 Å². The molecule has 0 saturated carbocycles. The van der Waals surface area contributed by atoms with Gasteiger partial charge in [-0.25, -0.2) is 4.68 Å². The highest BCUT2D eigenvalue weighted by Crippen LogP contribution is 2.34. The van der Waals surface area contributed by atoms with Gasteiger partial charge in [0, 0.05) is 29.2 Å². The Kier molecular flexibility index (Phi) is 7.57. The summed E-state index contributed by atoms with van der Waals surface area (Å²) >= 11 is 1.76. The molecule has 1 aliphatic heterocycles. The first-order valence-electron chi connectivity index (χ1n) is 10.1. The van der Waals surface area contributed by atoms with Crippen molar-refractivity contribution in [3.05, 3.63) is 41.1 Å². The number of ether oxygens (including phenoxy) is 1. The molecule has 8 heteroatoms. The molecule has 2 N–H and O–H groups in total. The molecular formula is C21H28N4O3S. The Labute approximate surface area is 175 Å². The average molecular weight is 417 g/mol. The first-order chi connectivity index (χ1) is 14.1. The average Bonchev–Trinajstić information content (AvgIpc) is 3.29. The molecule has 2 aromatic rings. The highest BCUT2D eigenvalue weighted by molar-refractivity contribution is 7.98. The second-order valence-corrected chi connectivity index (χ2v) is 7.94. The zero-order valence-electron chi connectivity index (χ0n) is 17.0. The van der Waals surface area contributed by atoms with Gasteiger partial charge in [-0.2, -0.15) is 16.9 Å². The lowest BCUT2D eigenvalue weighted by atomic mass is 10.2. The van der Waals surface area contributed by atoms with Crippen molar-refractivity contribution in [1.82, 2.24) is 15.1 Å². The highest BCUT2D eigenvalue weighted by atomic mass is 32.2. The SMILES string of the molecule is CCCCOc1ccc(C(=O)Nc2c3c(nn2CC(=O)NCCC)CSC3)cc1. The van der Waals surface area contributed by atoms with E-state index >= 15 is 0 Å². The molecule has 156 valence electrons. The second kappa shape index (κ2) is 10.3. The van der Waals surface area contributed by atoms with E-state index in [1.54, 1.807) is 40.7 Å². The van der Waals surface area contributed by atoms with Crippen LogP contribution in [0.1, 0.15) is 54.7 Å². The standard InChI is InChI=1S/C21H28N4O3S/c1-3-5-11-28-16-8-6-15(7-9-16)21(27)23-20-17-13-29-14-18(17)24-25(20)12-19(26)22-10-4-2/h6-9H,3-5,10-14H2,1-2H3,(H,22,26)(H,23,27). The first kappa shape index (κ1) is 21.2. The Bertz CT molecular complexity index is 848. The van der Waals surface area contributed by atoms with Gasteiger partial charge in [0.2, 0.25) is 5.91 Å². The topological polar surface area (TPSA) is 85.2 Å². The van der Waals surface area contributed by atoms with Crippen LogP contribution in [-0.4, -0.2) is 34.7 Å². The van der Waals surface area contributed by atoms with Crippen LogP contribution in [0.5, 0.6) is 5.75 Å². The number of hydrogen-bond acceptors (Lipinski definition) is 5. The Morgan fingerprint density at radius 2 is 1.97 bits per heavy atom. The number of hydrogen-bond donors (Lipinski definition) is 2. The summed E-state index contributed by atoms with van der Waals surface area (Å²) in [5.74, 6) is 2.62. The van der Waals surface area contributed by atoms with Gasteiger partial charge >= 0.3 is 0 Å². The van der Waals surface area contributed by atoms with E-state index in [9.17, 15) is 9.59 Å². The molecule has 1 aromatic carbocycles. The number of nitrogens with zero attached hydrogens (tertiary/aromatic N) is 2. The van der Waals surface area contributed by atoms with Crippen LogP contribution in [0.3, 0.4) is 0 Å². The van der Waals surface area contributed by atoms with Crippen LogP contribution < -0.4 is 15.4 Å². The Balaban J connectivity index is 1.70. The lowest BCUT2D eigenvalue weighted by Gasteiger charge is -2.12. The van der Waals surface area contributed by atoms with Crippen molar-refractivity contribution in [3.8, 4) is 5.75 Å². The van der Waals surface area contributed by atoms with Gasteiger partial charge in [-0.1, -0.05) is 20.3 Å². The third kappa shape index (κ3) is 5.53. The van der Waals surface area contributed by atoms with Crippen molar-refractivity contribution >= 4 is 29.4 Å². The fourth-order valence-electron chi connectivity index (χ4n) is 2.99. The van der Waals surface area contributed by atoms with Crippen LogP contribution in [0.2, 0.25) is 0 Å². The van der Waals surface area contributed by atoms with Crippen molar-refractivity contribution in [3.63, 3.8) is 0 Å². The molecule has 2 heterocycles. The maximum atomic E-state index is 12.8. The van der Waals surface area contributed by atoms with Crippen molar-refractivity contribution in [2.45, 2.75) is 51.2 Å². The minimum atomic E-state index is -0.222. The van der Waals surface area contributed by atoms with Crippen molar-refractivity contribution in [2.24, 2.45) is 0 Å². The minimum Gasteiger partial charge on any atom is -0.494 e. The highest BCUT2D eigenvalue weighted by Gasteiger charge is 2.25. The van der Waals surface area contributed by atoms with Crippen LogP contribution in [0.25, 0.3) is 0 Å². The van der Waals surface area contributed by atoms with E-state index in [2.05, 4.69) is 22.7 Å². The third-order valence-electron chi connectivity index (χ3n) is 4.60. The lowest BCUT2D eigenvalue weighted by Crippen LogP contribution is -2.29. The molecule has 1 aromatic heterocycles. The van der Waals surface area contributed by atoms with E-state index < -0.39 is 0 Å². The normalized spacial score (nSPS) is 12.5. The third-order valence-corrected chi connectivity index (χ3v) is 5.57. The molecule has 0 unspecified atom stereocenters. The monoisotopic (exact) mass is 416 g/mol. The van der Waals surface area contributed by atoms with Gasteiger partial charge in [-0.15, -0.1) is 0 Å². The number of carbonyl (C=O) groups is 2. The van der Waals surface area contributed by atoms with Crippen LogP contribution in [0.15, 0.2) is 24.3 Å². The van der Waals surface area contributed by atoms with Gasteiger partial charge in [0.05, 0.1) is 12.3 Å². The molecule has 0 spiro atoms. The zero-order valence-corrected chi connectivity index (χ0v) is 17.8. The van der Waals surface area contributed by atoms with E-state index in [1.807, 2.05) is 6.92 Å². The fourth-order valence-corrected chi connectivity index (χ4v) is 4.03. The molecule has 7 nitrogen and oxygen atoms in total. The summed E-state index contributed by atoms with van der Waals surface area (Å²) < 4.78 is 7.26. The van der Waals surface area contributed by atoms with E-state index in [4.69, 9.17) is 4.74 Å². The van der Waals surface area contributed by atoms with Crippen molar-refractivity contribution in [1.29, 1.82) is 0 Å². The Morgan fingerprint density at radius 3 is 2.69 bits per heavy atom. The number of thioether (sulfide) groups is 1. The van der Waals surface area contributed by atoms with Gasteiger partial charge in [-0.3, -0.25) is 9.59 Å². The molecule has 0 aliphatic carbocycles. The van der Waals surface area contributed by atoms with E-state index in [1.165, 1.54) is 0 Å². The van der Waals surface area contributed by atoms with E-state index in [0.29, 0.717) is 24.5 Å². The van der Waals surface area contributed by atoms with Gasteiger partial charge in [0.25, 0.3) is 5.91 Å². The molecule has 0 saturated heterocycles. The quantitative estimate of drug-likeness (QED) is 0.578. The molecular weight excluding hydrogens is 388 g/mol. The van der Waals surface area contributed by atoms with Crippen molar-refractivity contribution in [2.75, 3.05) is 18.5 Å². The largest absolute Gasteiger partial charge is 0.494 e. The summed E-state index contributed by atoms with van der Waals surface area (Å²) in [6.45, 7) is 5.52. The number of unbranched alkanes of at least 4 members (excludes halogenated alkanes) is 1. The van der Waals surface area contributed by atoms with Gasteiger partial charge in [0.15, 0.2) is 0 Å². The van der Waals surface area contributed by atoms with Crippen LogP contribution >= 0.6 is 11.8 Å². The van der Waals surface area contributed by atoms with Crippen molar-refractivity contribution < 1.29 is 14.3 Å². The maximum Gasteiger partial charge on any atom is 0.256 e. The number of aromatic nitrogens is 2. The molecule has 0 fully saturated rings. The molecule has 0 radical (unpaired) electrons. The summed E-state index contributed by atoms with van der Waals surface area (Å²) in [7, 11) is 0. The number of carbonyl (C=O) groups excluding carboxylic acids is 2. The van der Waals surface area contributed by atoms with Crippen LogP contribution in [0, 0.1) is 0 Å². The smallest absolute Gasteiger partial charge is 0.256 e. The van der Waals surface area contributed by atoms with E-state index in [-0.39, 0.29) is 18.4 Å². The van der Waals surface area contributed by atoms with E-state index in [0.717, 1.165) is 47.8 Å². The Morgan fingerprint density at radius 1 is 1.17 bits per heavy atom. The predicted octanol–water partition coefficient (Wildman–Crippen LogP) is 3.59. The molecule has 0 bridgehead atoms. The number of amides is 2. The number of benzene rings is 1. The minimum absolute atomic E-state index is 0.0947. The number of rotatable bonds is 10. The summed E-state index contributed by atoms with van der Waals surface area (Å²) in [6, 6.07) is 7.11. The number of nitrogens with one attached hydrogen (secondary N) is 2. The lowest BCUT2D eigenvalue weighted by molar-refractivity contribution is -0.121. The molecule has 3 rings (SSSR count). The zero-order chi connectivity index (χ0) is 20.6. The summed E-state index contributed by atoms with van der Waals surface area (Å²) in [4.78, 5) is 24.9. The Hall–Kier alpha value is -2.48. The summed E-state index contributed by atoms with van der Waals surface area (Å²) in [5.41, 5.74) is 2.48. The predicted molar refractivity (Wildman–Crippen MR) is 115 cm³/mol. The van der Waals surface area contributed by atoms with Gasteiger partial charge in [-0.05, 0) is 37.1 Å². The molecule has 1 aliphatic rings. The molecule has 29 heavy (non-hydrogen) atoms. The second-order valence-electron chi connectivity index (χ2n) is 6.95. The molecule has 0 atom stereocenters. The number of anilines is 1. The molecule has 2 amide bonds. The van der Waals surface area contributed by atoms with Gasteiger partial charge < -0.3 is 15.4 Å². The fraction of sp³-hybridized carbons (Fsp3) is 0.476. The number of fused-ring (bicyclic) bond motifs is 1. The summed E-state index contributed by atoms with van der Waals surface area (Å²) in [5, 5.41) is 10.4.